The summed E-state index contributed by atoms with van der Waals surface area (Å²) >= 11 is 11.9. The molecular weight excluding hydrogens is 309 g/mol. The highest BCUT2D eigenvalue weighted by atomic mass is 35.5. The van der Waals surface area contributed by atoms with Crippen molar-refractivity contribution in [3.63, 3.8) is 0 Å². The minimum atomic E-state index is -0.0413. The van der Waals surface area contributed by atoms with Crippen LogP contribution in [-0.2, 0) is 16.1 Å². The molecule has 1 N–H and O–H groups in total. The summed E-state index contributed by atoms with van der Waals surface area (Å²) < 4.78 is 5.08. The summed E-state index contributed by atoms with van der Waals surface area (Å²) in [6.07, 6.45) is 3.81. The molecular formula is C16H21Cl2NO2. The average molecular weight is 330 g/mol. The molecule has 1 saturated carbocycles. The fraction of sp³-hybridized carbons (Fsp3) is 0.562. The minimum Gasteiger partial charge on any atom is -0.466 e. The Bertz CT molecular complexity index is 485. The number of carbonyl (C=O) groups excluding carboxylic acids is 1. The summed E-state index contributed by atoms with van der Waals surface area (Å²) in [6.45, 7) is 3.09. The molecule has 0 unspecified atom stereocenters. The van der Waals surface area contributed by atoms with E-state index in [0.29, 0.717) is 22.7 Å². The second-order valence-corrected chi connectivity index (χ2v) is 6.24. The lowest BCUT2D eigenvalue weighted by atomic mass is 9.86. The minimum absolute atomic E-state index is 0.0413. The van der Waals surface area contributed by atoms with Gasteiger partial charge in [-0.1, -0.05) is 29.3 Å². The number of rotatable bonds is 5. The molecule has 0 saturated heterocycles. The SMILES string of the molecule is CCOC(=O)C1CCC(NCc2ccc(Cl)c(Cl)c2)CC1. The van der Waals surface area contributed by atoms with Crippen LogP contribution in [0.3, 0.4) is 0 Å². The Morgan fingerprint density at radius 1 is 1.24 bits per heavy atom. The molecule has 0 amide bonds. The van der Waals surface area contributed by atoms with E-state index >= 15 is 0 Å². The van der Waals surface area contributed by atoms with Gasteiger partial charge in [0.15, 0.2) is 0 Å². The van der Waals surface area contributed by atoms with Crippen molar-refractivity contribution in [2.75, 3.05) is 6.61 Å². The molecule has 2 rings (SSSR count). The summed E-state index contributed by atoms with van der Waals surface area (Å²) in [5.74, 6) is 0.0356. The van der Waals surface area contributed by atoms with Gasteiger partial charge in [0.05, 0.1) is 22.6 Å². The van der Waals surface area contributed by atoms with Crippen molar-refractivity contribution in [3.8, 4) is 0 Å². The molecule has 1 aromatic rings. The zero-order valence-corrected chi connectivity index (χ0v) is 13.7. The molecule has 0 aromatic heterocycles. The zero-order chi connectivity index (χ0) is 15.2. The van der Waals surface area contributed by atoms with Crippen LogP contribution >= 0.6 is 23.2 Å². The van der Waals surface area contributed by atoms with Gasteiger partial charge < -0.3 is 10.1 Å². The number of hydrogen-bond donors (Lipinski definition) is 1. The summed E-state index contributed by atoms with van der Waals surface area (Å²) in [4.78, 5) is 11.7. The van der Waals surface area contributed by atoms with Gasteiger partial charge in [-0.2, -0.15) is 0 Å². The van der Waals surface area contributed by atoms with Crippen molar-refractivity contribution in [2.45, 2.75) is 45.2 Å². The predicted molar refractivity (Wildman–Crippen MR) is 85.7 cm³/mol. The van der Waals surface area contributed by atoms with E-state index in [4.69, 9.17) is 27.9 Å². The van der Waals surface area contributed by atoms with Gasteiger partial charge in [0, 0.05) is 12.6 Å². The van der Waals surface area contributed by atoms with E-state index in [1.165, 1.54) is 0 Å². The first-order valence-corrected chi connectivity index (χ1v) is 8.19. The van der Waals surface area contributed by atoms with Crippen LogP contribution in [0.25, 0.3) is 0 Å². The van der Waals surface area contributed by atoms with Gasteiger partial charge in [0.25, 0.3) is 0 Å². The van der Waals surface area contributed by atoms with Crippen LogP contribution in [0.2, 0.25) is 10.0 Å². The molecule has 5 heteroatoms. The predicted octanol–water partition coefficient (Wildman–Crippen LogP) is 4.20. The molecule has 1 aliphatic rings. The zero-order valence-electron chi connectivity index (χ0n) is 12.2. The molecule has 0 aliphatic heterocycles. The van der Waals surface area contributed by atoms with Crippen molar-refractivity contribution in [1.82, 2.24) is 5.32 Å². The molecule has 0 atom stereocenters. The number of esters is 1. The second kappa shape index (κ2) is 8.02. The Morgan fingerprint density at radius 3 is 2.57 bits per heavy atom. The van der Waals surface area contributed by atoms with Crippen molar-refractivity contribution in [1.29, 1.82) is 0 Å². The van der Waals surface area contributed by atoms with Crippen LogP contribution in [0.1, 0.15) is 38.2 Å². The number of ether oxygens (including phenoxy) is 1. The molecule has 116 valence electrons. The van der Waals surface area contributed by atoms with Gasteiger partial charge in [-0.15, -0.1) is 0 Å². The first kappa shape index (κ1) is 16.6. The van der Waals surface area contributed by atoms with Crippen molar-refractivity contribution < 1.29 is 9.53 Å². The lowest BCUT2D eigenvalue weighted by Gasteiger charge is -2.28. The van der Waals surface area contributed by atoms with Crippen molar-refractivity contribution in [2.24, 2.45) is 5.92 Å². The number of carbonyl (C=O) groups is 1. The number of benzene rings is 1. The first-order chi connectivity index (χ1) is 10.1. The van der Waals surface area contributed by atoms with E-state index in [-0.39, 0.29) is 11.9 Å². The summed E-state index contributed by atoms with van der Waals surface area (Å²) in [6, 6.07) is 6.13. The summed E-state index contributed by atoms with van der Waals surface area (Å²) in [5.41, 5.74) is 1.12. The highest BCUT2D eigenvalue weighted by molar-refractivity contribution is 6.42. The Hall–Kier alpha value is -0.770. The average Bonchev–Trinajstić information content (AvgIpc) is 2.49. The van der Waals surface area contributed by atoms with Crippen molar-refractivity contribution >= 4 is 29.2 Å². The third kappa shape index (κ3) is 4.87. The van der Waals surface area contributed by atoms with Crippen LogP contribution < -0.4 is 5.32 Å². The quantitative estimate of drug-likeness (QED) is 0.822. The number of halogens is 2. The van der Waals surface area contributed by atoms with Crippen LogP contribution in [0, 0.1) is 5.92 Å². The molecule has 1 aromatic carbocycles. The van der Waals surface area contributed by atoms with E-state index in [9.17, 15) is 4.79 Å². The topological polar surface area (TPSA) is 38.3 Å². The van der Waals surface area contributed by atoms with E-state index in [1.54, 1.807) is 0 Å². The maximum absolute atomic E-state index is 11.7. The van der Waals surface area contributed by atoms with Crippen LogP contribution in [0.15, 0.2) is 18.2 Å². The Balaban J connectivity index is 1.76. The third-order valence-corrected chi connectivity index (χ3v) is 4.67. The van der Waals surface area contributed by atoms with E-state index in [0.717, 1.165) is 37.8 Å². The van der Waals surface area contributed by atoms with Gasteiger partial charge in [0.2, 0.25) is 0 Å². The van der Waals surface area contributed by atoms with Gasteiger partial charge in [0.1, 0.15) is 0 Å². The lowest BCUT2D eigenvalue weighted by molar-refractivity contribution is -0.149. The molecule has 3 nitrogen and oxygen atoms in total. The summed E-state index contributed by atoms with van der Waals surface area (Å²) in [5, 5.41) is 4.69. The summed E-state index contributed by atoms with van der Waals surface area (Å²) in [7, 11) is 0. The molecule has 1 aliphatic carbocycles. The fourth-order valence-electron chi connectivity index (χ4n) is 2.71. The molecule has 0 heterocycles. The highest BCUT2D eigenvalue weighted by Gasteiger charge is 2.26. The molecule has 1 fully saturated rings. The third-order valence-electron chi connectivity index (χ3n) is 3.93. The standard InChI is InChI=1S/C16H21Cl2NO2/c1-2-21-16(20)12-4-6-13(7-5-12)19-10-11-3-8-14(17)15(18)9-11/h3,8-9,12-13,19H,2,4-7,10H2,1H3. The van der Waals surface area contributed by atoms with Crippen LogP contribution in [0.5, 0.6) is 0 Å². The van der Waals surface area contributed by atoms with Crippen LogP contribution in [-0.4, -0.2) is 18.6 Å². The largest absolute Gasteiger partial charge is 0.466 e. The van der Waals surface area contributed by atoms with E-state index < -0.39 is 0 Å². The maximum atomic E-state index is 11.7. The Labute approximate surface area is 136 Å². The number of nitrogens with one attached hydrogen (secondary N) is 1. The maximum Gasteiger partial charge on any atom is 0.308 e. The monoisotopic (exact) mass is 329 g/mol. The van der Waals surface area contributed by atoms with E-state index in [1.807, 2.05) is 25.1 Å². The van der Waals surface area contributed by atoms with Gasteiger partial charge in [-0.3, -0.25) is 4.79 Å². The van der Waals surface area contributed by atoms with E-state index in [2.05, 4.69) is 5.32 Å². The first-order valence-electron chi connectivity index (χ1n) is 7.44. The molecule has 0 bridgehead atoms. The Kier molecular flexibility index (Phi) is 6.34. The Morgan fingerprint density at radius 2 is 1.95 bits per heavy atom. The van der Waals surface area contributed by atoms with Gasteiger partial charge in [-0.25, -0.2) is 0 Å². The van der Waals surface area contributed by atoms with Crippen molar-refractivity contribution in [3.05, 3.63) is 33.8 Å². The highest BCUT2D eigenvalue weighted by Crippen LogP contribution is 2.26. The van der Waals surface area contributed by atoms with Crippen LogP contribution in [0.4, 0.5) is 0 Å². The van der Waals surface area contributed by atoms with Gasteiger partial charge in [-0.05, 0) is 50.3 Å². The second-order valence-electron chi connectivity index (χ2n) is 5.43. The van der Waals surface area contributed by atoms with Gasteiger partial charge >= 0.3 is 5.97 Å². The fourth-order valence-corrected chi connectivity index (χ4v) is 3.03. The molecule has 0 spiro atoms. The molecule has 0 radical (unpaired) electrons. The normalized spacial score (nSPS) is 22.0. The smallest absolute Gasteiger partial charge is 0.308 e. The lowest BCUT2D eigenvalue weighted by Crippen LogP contribution is -2.35. The molecule has 21 heavy (non-hydrogen) atoms. The number of hydrogen-bond acceptors (Lipinski definition) is 3.